The van der Waals surface area contributed by atoms with E-state index in [0.717, 1.165) is 0 Å². The monoisotopic (exact) mass is 161 g/mol. The zero-order valence-electron chi connectivity index (χ0n) is 4.94. The van der Waals surface area contributed by atoms with Crippen molar-refractivity contribution in [1.82, 2.24) is 0 Å². The van der Waals surface area contributed by atoms with Crippen molar-refractivity contribution in [2.24, 2.45) is 0 Å². The molecule has 0 aliphatic heterocycles. The lowest BCUT2D eigenvalue weighted by Gasteiger charge is -1.96. The highest BCUT2D eigenvalue weighted by Crippen LogP contribution is 2.19. The third-order valence-electron chi connectivity index (χ3n) is 1.03. The number of hydrogen-bond donors (Lipinski definition) is 0. The van der Waals surface area contributed by atoms with Crippen LogP contribution in [0.1, 0.15) is 12.0 Å². The van der Waals surface area contributed by atoms with Gasteiger partial charge in [-0.3, -0.25) is 0 Å². The van der Waals surface area contributed by atoms with Crippen LogP contribution < -0.4 is 0 Å². The van der Waals surface area contributed by atoms with E-state index in [1.807, 2.05) is 0 Å². The lowest BCUT2D eigenvalue weighted by molar-refractivity contribution is 0.151. The van der Waals surface area contributed by atoms with Gasteiger partial charge in [0.2, 0.25) is 0 Å². The van der Waals surface area contributed by atoms with Gasteiger partial charge in [-0.05, 0) is 18.2 Å². The second-order valence-corrected chi connectivity index (χ2v) is 2.20. The summed E-state index contributed by atoms with van der Waals surface area (Å²) in [7, 11) is 0. The quantitative estimate of drug-likeness (QED) is 0.594. The molecule has 1 radical (unpaired) electrons. The molecular weight excluding hydrogens is 158 g/mol. The Bertz CT molecular complexity index is 205. The fraction of sp³-hybridized carbons (Fsp3) is 0.143. The lowest BCUT2D eigenvalue weighted by atomic mass is 10.2. The molecule has 10 heavy (non-hydrogen) atoms. The zero-order valence-corrected chi connectivity index (χ0v) is 5.70. The molecule has 0 bridgehead atoms. The lowest BCUT2D eigenvalue weighted by Crippen LogP contribution is -1.81. The molecule has 0 saturated carbocycles. The van der Waals surface area contributed by atoms with E-state index in [-0.39, 0.29) is 5.56 Å². The van der Waals surface area contributed by atoms with Crippen LogP contribution >= 0.6 is 11.6 Å². The van der Waals surface area contributed by atoms with Gasteiger partial charge in [0.25, 0.3) is 6.43 Å². The Morgan fingerprint density at radius 2 is 2.10 bits per heavy atom. The van der Waals surface area contributed by atoms with Gasteiger partial charge in [-0.2, -0.15) is 0 Å². The summed E-state index contributed by atoms with van der Waals surface area (Å²) >= 11 is 5.44. The summed E-state index contributed by atoms with van der Waals surface area (Å²) in [5.74, 6) is 0. The summed E-state index contributed by atoms with van der Waals surface area (Å²) in [4.78, 5) is 0. The van der Waals surface area contributed by atoms with E-state index >= 15 is 0 Å². The van der Waals surface area contributed by atoms with Gasteiger partial charge in [0.15, 0.2) is 0 Å². The van der Waals surface area contributed by atoms with Gasteiger partial charge in [-0.1, -0.05) is 17.7 Å². The van der Waals surface area contributed by atoms with E-state index in [9.17, 15) is 8.78 Å². The zero-order chi connectivity index (χ0) is 7.56. The SMILES string of the molecule is FC(F)c1[c]cc(Cl)cc1. The predicted octanol–water partition coefficient (Wildman–Crippen LogP) is 3.08. The van der Waals surface area contributed by atoms with E-state index in [1.54, 1.807) is 0 Å². The van der Waals surface area contributed by atoms with Crippen molar-refractivity contribution in [3.8, 4) is 0 Å². The van der Waals surface area contributed by atoms with Gasteiger partial charge in [0, 0.05) is 10.6 Å². The molecule has 1 rings (SSSR count). The standard InChI is InChI=1S/C7H4ClF2/c8-6-3-1-5(2-4-6)7(9)10/h1,3-4,7H. The Kier molecular flexibility index (Phi) is 2.22. The number of benzene rings is 1. The molecule has 53 valence electrons. The van der Waals surface area contributed by atoms with Gasteiger partial charge in [-0.25, -0.2) is 8.78 Å². The molecule has 1 aromatic rings. The molecular formula is C7H4ClF2. The number of halogens is 3. The smallest absolute Gasteiger partial charge is 0.205 e. The van der Waals surface area contributed by atoms with Crippen LogP contribution in [-0.4, -0.2) is 0 Å². The van der Waals surface area contributed by atoms with Crippen LogP contribution in [0.4, 0.5) is 8.78 Å². The van der Waals surface area contributed by atoms with Gasteiger partial charge in [0.1, 0.15) is 0 Å². The molecule has 0 spiro atoms. The van der Waals surface area contributed by atoms with Crippen molar-refractivity contribution >= 4 is 11.6 Å². The van der Waals surface area contributed by atoms with E-state index in [1.165, 1.54) is 18.2 Å². The predicted molar refractivity (Wildman–Crippen MR) is 35.2 cm³/mol. The highest BCUT2D eigenvalue weighted by atomic mass is 35.5. The van der Waals surface area contributed by atoms with Crippen LogP contribution in [0.25, 0.3) is 0 Å². The molecule has 0 aliphatic carbocycles. The summed E-state index contributed by atoms with van der Waals surface area (Å²) < 4.78 is 23.6. The maximum atomic E-state index is 11.8. The molecule has 0 atom stereocenters. The van der Waals surface area contributed by atoms with Gasteiger partial charge in [-0.15, -0.1) is 0 Å². The average molecular weight is 162 g/mol. The molecule has 1 aromatic carbocycles. The number of hydrogen-bond acceptors (Lipinski definition) is 0. The topological polar surface area (TPSA) is 0 Å². The first-order chi connectivity index (χ1) is 4.70. The Morgan fingerprint density at radius 3 is 2.50 bits per heavy atom. The van der Waals surface area contributed by atoms with E-state index in [2.05, 4.69) is 6.07 Å². The fourth-order valence-electron chi connectivity index (χ4n) is 0.554. The molecule has 3 heteroatoms. The Balaban J connectivity index is 2.89. The first-order valence-corrected chi connectivity index (χ1v) is 3.03. The summed E-state index contributed by atoms with van der Waals surface area (Å²) in [6, 6.07) is 6.35. The minimum atomic E-state index is -2.46. The maximum Gasteiger partial charge on any atom is 0.264 e. The third kappa shape index (κ3) is 1.67. The Morgan fingerprint density at radius 1 is 1.40 bits per heavy atom. The normalized spacial score (nSPS) is 10.4. The van der Waals surface area contributed by atoms with Crippen molar-refractivity contribution in [3.05, 3.63) is 34.9 Å². The van der Waals surface area contributed by atoms with Gasteiger partial charge >= 0.3 is 0 Å². The molecule has 0 fully saturated rings. The van der Waals surface area contributed by atoms with Crippen molar-refractivity contribution in [2.45, 2.75) is 6.43 Å². The van der Waals surface area contributed by atoms with Crippen LogP contribution in [0.15, 0.2) is 18.2 Å². The van der Waals surface area contributed by atoms with Crippen LogP contribution in [0, 0.1) is 6.07 Å². The van der Waals surface area contributed by atoms with Crippen molar-refractivity contribution in [1.29, 1.82) is 0 Å². The molecule has 0 heterocycles. The van der Waals surface area contributed by atoms with Crippen LogP contribution in [0.3, 0.4) is 0 Å². The molecule has 0 aromatic heterocycles. The van der Waals surface area contributed by atoms with Crippen molar-refractivity contribution < 1.29 is 8.78 Å². The van der Waals surface area contributed by atoms with Crippen molar-refractivity contribution in [3.63, 3.8) is 0 Å². The van der Waals surface area contributed by atoms with Gasteiger partial charge in [0.05, 0.1) is 0 Å². The molecule has 0 unspecified atom stereocenters. The second-order valence-electron chi connectivity index (χ2n) is 1.76. The summed E-state index contributed by atoms with van der Waals surface area (Å²) in [5, 5.41) is 0.421. The third-order valence-corrected chi connectivity index (χ3v) is 1.27. The average Bonchev–Trinajstić information content (AvgIpc) is 1.88. The fourth-order valence-corrected chi connectivity index (χ4v) is 0.671. The number of rotatable bonds is 1. The minimum absolute atomic E-state index is 0.121. The number of alkyl halides is 2. The molecule has 0 saturated heterocycles. The summed E-state index contributed by atoms with van der Waals surface area (Å²) in [6.07, 6.45) is -2.46. The van der Waals surface area contributed by atoms with Gasteiger partial charge < -0.3 is 0 Å². The first kappa shape index (κ1) is 7.48. The molecule has 0 aliphatic rings. The molecule has 0 nitrogen and oxygen atoms in total. The Hall–Kier alpha value is -0.630. The largest absolute Gasteiger partial charge is 0.264 e. The van der Waals surface area contributed by atoms with E-state index < -0.39 is 6.43 Å². The van der Waals surface area contributed by atoms with Crippen molar-refractivity contribution in [2.75, 3.05) is 0 Å². The maximum absolute atomic E-state index is 11.8. The summed E-state index contributed by atoms with van der Waals surface area (Å²) in [6.45, 7) is 0. The van der Waals surface area contributed by atoms with Crippen LogP contribution in [-0.2, 0) is 0 Å². The molecule has 0 amide bonds. The first-order valence-electron chi connectivity index (χ1n) is 2.65. The minimum Gasteiger partial charge on any atom is -0.205 e. The summed E-state index contributed by atoms with van der Waals surface area (Å²) in [5.41, 5.74) is -0.121. The van der Waals surface area contributed by atoms with Crippen LogP contribution in [0.2, 0.25) is 5.02 Å². The highest BCUT2D eigenvalue weighted by molar-refractivity contribution is 6.30. The van der Waals surface area contributed by atoms with E-state index in [4.69, 9.17) is 11.6 Å². The van der Waals surface area contributed by atoms with Crippen LogP contribution in [0.5, 0.6) is 0 Å². The second kappa shape index (κ2) is 2.97. The highest BCUT2D eigenvalue weighted by Gasteiger charge is 2.04. The van der Waals surface area contributed by atoms with E-state index in [0.29, 0.717) is 5.02 Å². The Labute approximate surface area is 62.4 Å². The molecule has 0 N–H and O–H groups in total.